The predicted molar refractivity (Wildman–Crippen MR) is 103 cm³/mol. The van der Waals surface area contributed by atoms with Crippen molar-refractivity contribution in [2.24, 2.45) is 5.92 Å². The van der Waals surface area contributed by atoms with Crippen molar-refractivity contribution in [1.82, 2.24) is 4.90 Å². The van der Waals surface area contributed by atoms with Gasteiger partial charge in [-0.15, -0.1) is 0 Å². The molecule has 0 saturated carbocycles. The number of carboxylic acid groups (broad SMARTS) is 1. The van der Waals surface area contributed by atoms with Crippen LogP contribution in [0.25, 0.3) is 0 Å². The van der Waals surface area contributed by atoms with Gasteiger partial charge in [0.2, 0.25) is 0 Å². The highest BCUT2D eigenvalue weighted by atomic mass is 35.5. The van der Waals surface area contributed by atoms with E-state index in [0.29, 0.717) is 30.9 Å². The van der Waals surface area contributed by atoms with E-state index in [1.54, 1.807) is 0 Å². The number of benzene rings is 2. The number of carboxylic acids is 1. The molecule has 0 spiro atoms. The Labute approximate surface area is 171 Å². The van der Waals surface area contributed by atoms with E-state index in [-0.39, 0.29) is 17.5 Å². The summed E-state index contributed by atoms with van der Waals surface area (Å²) in [6, 6.07) is 7.29. The highest BCUT2D eigenvalue weighted by Crippen LogP contribution is 2.33. The normalized spacial score (nSPS) is 15.2. The minimum Gasteiger partial charge on any atom is -0.488 e. The van der Waals surface area contributed by atoms with Gasteiger partial charge in [-0.2, -0.15) is 13.2 Å². The number of carbonyl (C=O) groups is 1. The van der Waals surface area contributed by atoms with Gasteiger partial charge in [0.25, 0.3) is 0 Å². The number of likely N-dealkylation sites (tertiary alicyclic amines) is 1. The third-order valence-corrected chi connectivity index (χ3v) is 5.12. The quantitative estimate of drug-likeness (QED) is 0.699. The van der Waals surface area contributed by atoms with Crippen LogP contribution in [0.1, 0.15) is 27.8 Å². The maximum atomic E-state index is 13.0. The maximum Gasteiger partial charge on any atom is 0.416 e. The molecule has 0 unspecified atom stereocenters. The molecule has 1 fully saturated rings. The molecule has 156 valence electrons. The number of halogens is 4. The molecule has 0 amide bonds. The number of ether oxygens (including phenoxy) is 1. The molecule has 0 aliphatic carbocycles. The van der Waals surface area contributed by atoms with Crippen LogP contribution in [-0.2, 0) is 24.1 Å². The molecule has 4 nitrogen and oxygen atoms in total. The first kappa shape index (κ1) is 21.5. The second kappa shape index (κ2) is 8.24. The van der Waals surface area contributed by atoms with Crippen LogP contribution in [-0.4, -0.2) is 29.1 Å². The van der Waals surface area contributed by atoms with Gasteiger partial charge in [0.15, 0.2) is 0 Å². The minimum atomic E-state index is -4.47. The van der Waals surface area contributed by atoms with Crippen molar-refractivity contribution in [3.63, 3.8) is 0 Å². The Morgan fingerprint density at radius 3 is 2.31 bits per heavy atom. The van der Waals surface area contributed by atoms with Crippen LogP contribution in [0.15, 0.2) is 30.3 Å². The average molecular weight is 428 g/mol. The van der Waals surface area contributed by atoms with Crippen molar-refractivity contribution in [2.45, 2.75) is 33.2 Å². The van der Waals surface area contributed by atoms with Gasteiger partial charge in [0, 0.05) is 24.7 Å². The molecule has 29 heavy (non-hydrogen) atoms. The second-order valence-electron chi connectivity index (χ2n) is 7.42. The molecule has 8 heteroatoms. The highest BCUT2D eigenvalue weighted by Gasteiger charge is 2.32. The van der Waals surface area contributed by atoms with E-state index in [0.717, 1.165) is 28.8 Å². The predicted octanol–water partition coefficient (Wildman–Crippen LogP) is 5.07. The molecule has 2 aromatic carbocycles. The van der Waals surface area contributed by atoms with E-state index in [2.05, 4.69) is 4.90 Å². The van der Waals surface area contributed by atoms with Crippen molar-refractivity contribution in [3.8, 4) is 5.75 Å². The summed E-state index contributed by atoms with van der Waals surface area (Å²) in [5.41, 5.74) is 2.31. The van der Waals surface area contributed by atoms with Gasteiger partial charge >= 0.3 is 12.1 Å². The summed E-state index contributed by atoms with van der Waals surface area (Å²) in [5, 5.41) is 8.97. The SMILES string of the molecule is Cc1cc(CN2CC(C(=O)O)C2)cc(C)c1OCc1cc(Cl)cc(C(F)(F)F)c1. The van der Waals surface area contributed by atoms with Crippen LogP contribution < -0.4 is 4.74 Å². The van der Waals surface area contributed by atoms with Crippen LogP contribution in [0.5, 0.6) is 5.75 Å². The van der Waals surface area contributed by atoms with Crippen LogP contribution in [0.4, 0.5) is 13.2 Å². The van der Waals surface area contributed by atoms with E-state index in [9.17, 15) is 18.0 Å². The molecule has 1 saturated heterocycles. The molecular formula is C21H21ClF3NO3. The summed E-state index contributed by atoms with van der Waals surface area (Å²) in [5.74, 6) is -0.458. The second-order valence-corrected chi connectivity index (χ2v) is 7.86. The Morgan fingerprint density at radius 2 is 1.76 bits per heavy atom. The third kappa shape index (κ3) is 5.22. The molecule has 0 atom stereocenters. The van der Waals surface area contributed by atoms with Gasteiger partial charge in [-0.3, -0.25) is 9.69 Å². The lowest BCUT2D eigenvalue weighted by Gasteiger charge is -2.36. The maximum absolute atomic E-state index is 13.0. The van der Waals surface area contributed by atoms with E-state index >= 15 is 0 Å². The van der Waals surface area contributed by atoms with Crippen molar-refractivity contribution < 1.29 is 27.8 Å². The fraction of sp³-hybridized carbons (Fsp3) is 0.381. The number of nitrogens with zero attached hydrogens (tertiary/aromatic N) is 1. The summed E-state index contributed by atoms with van der Waals surface area (Å²) in [4.78, 5) is 13.0. The first-order valence-electron chi connectivity index (χ1n) is 9.07. The van der Waals surface area contributed by atoms with Crippen molar-refractivity contribution in [3.05, 3.63) is 63.2 Å². The van der Waals surface area contributed by atoms with Crippen molar-refractivity contribution >= 4 is 17.6 Å². The Hall–Kier alpha value is -2.25. The molecule has 3 rings (SSSR count). The zero-order valence-corrected chi connectivity index (χ0v) is 16.8. The summed E-state index contributed by atoms with van der Waals surface area (Å²) in [7, 11) is 0. The number of rotatable bonds is 6. The van der Waals surface area contributed by atoms with Crippen LogP contribution in [0, 0.1) is 19.8 Å². The molecular weight excluding hydrogens is 407 g/mol. The molecule has 2 aromatic rings. The van der Waals surface area contributed by atoms with Gasteiger partial charge in [-0.25, -0.2) is 0 Å². The zero-order chi connectivity index (χ0) is 21.3. The van der Waals surface area contributed by atoms with Gasteiger partial charge in [0.05, 0.1) is 11.5 Å². The molecule has 1 N–H and O–H groups in total. The van der Waals surface area contributed by atoms with E-state index in [4.69, 9.17) is 21.4 Å². The Morgan fingerprint density at radius 1 is 1.14 bits per heavy atom. The molecule has 1 aliphatic rings. The molecule has 0 bridgehead atoms. The first-order chi connectivity index (χ1) is 13.5. The lowest BCUT2D eigenvalue weighted by Crippen LogP contribution is -2.49. The standard InChI is InChI=1S/C21H21ClF3NO3/c1-12-3-14(8-26-9-16(10-26)20(27)28)4-13(2)19(12)29-11-15-5-17(21(23,24)25)7-18(22)6-15/h3-7,16H,8-11H2,1-2H3,(H,27,28). The van der Waals surface area contributed by atoms with E-state index in [1.165, 1.54) is 6.07 Å². The topological polar surface area (TPSA) is 49.8 Å². The Kier molecular flexibility index (Phi) is 6.10. The lowest BCUT2D eigenvalue weighted by atomic mass is 9.98. The van der Waals surface area contributed by atoms with E-state index in [1.807, 2.05) is 26.0 Å². The first-order valence-corrected chi connectivity index (χ1v) is 9.45. The van der Waals surface area contributed by atoms with Gasteiger partial charge in [-0.1, -0.05) is 23.7 Å². The van der Waals surface area contributed by atoms with Gasteiger partial charge in [-0.05, 0) is 54.3 Å². The summed E-state index contributed by atoms with van der Waals surface area (Å²) in [6.07, 6.45) is -4.47. The number of hydrogen-bond acceptors (Lipinski definition) is 3. The van der Waals surface area contributed by atoms with E-state index < -0.39 is 17.7 Å². The highest BCUT2D eigenvalue weighted by molar-refractivity contribution is 6.30. The van der Waals surface area contributed by atoms with Crippen molar-refractivity contribution in [1.29, 1.82) is 0 Å². The summed E-state index contributed by atoms with van der Waals surface area (Å²) < 4.78 is 44.7. The molecule has 1 aliphatic heterocycles. The monoisotopic (exact) mass is 427 g/mol. The molecule has 0 aromatic heterocycles. The van der Waals surface area contributed by atoms with Crippen LogP contribution >= 0.6 is 11.6 Å². The molecule has 1 heterocycles. The van der Waals surface area contributed by atoms with Gasteiger partial charge < -0.3 is 9.84 Å². The number of aryl methyl sites for hydroxylation is 2. The number of hydrogen-bond donors (Lipinski definition) is 1. The molecule has 0 radical (unpaired) electrons. The Balaban J connectivity index is 1.68. The largest absolute Gasteiger partial charge is 0.488 e. The summed E-state index contributed by atoms with van der Waals surface area (Å²) >= 11 is 5.82. The van der Waals surface area contributed by atoms with Crippen molar-refractivity contribution in [2.75, 3.05) is 13.1 Å². The number of aliphatic carboxylic acids is 1. The summed E-state index contributed by atoms with van der Waals surface area (Å²) in [6.45, 7) is 5.43. The zero-order valence-electron chi connectivity index (χ0n) is 16.0. The van der Waals surface area contributed by atoms with Crippen LogP contribution in [0.3, 0.4) is 0 Å². The number of alkyl halides is 3. The van der Waals surface area contributed by atoms with Gasteiger partial charge in [0.1, 0.15) is 12.4 Å². The van der Waals surface area contributed by atoms with Crippen LogP contribution in [0.2, 0.25) is 5.02 Å². The minimum absolute atomic E-state index is 0.0106. The average Bonchev–Trinajstić information content (AvgIpc) is 2.55. The fourth-order valence-corrected chi connectivity index (χ4v) is 3.78. The third-order valence-electron chi connectivity index (χ3n) is 4.90. The Bertz CT molecular complexity index is 901. The lowest BCUT2D eigenvalue weighted by molar-refractivity contribution is -0.147. The smallest absolute Gasteiger partial charge is 0.416 e. The fourth-order valence-electron chi connectivity index (χ4n) is 3.53.